The molecule has 20 heavy (non-hydrogen) atoms. The molecule has 1 fully saturated rings. The summed E-state index contributed by atoms with van der Waals surface area (Å²) in [6.45, 7) is 0.332. The molecule has 0 aliphatic carbocycles. The number of amides is 1. The van der Waals surface area contributed by atoms with Crippen LogP contribution < -0.4 is 0 Å². The first-order valence-corrected chi connectivity index (χ1v) is 7.11. The summed E-state index contributed by atoms with van der Waals surface area (Å²) in [6, 6.07) is 4.46. The van der Waals surface area contributed by atoms with Crippen LogP contribution in [0.3, 0.4) is 0 Å². The summed E-state index contributed by atoms with van der Waals surface area (Å²) >= 11 is 9.32. The average Bonchev–Trinajstić information content (AvgIpc) is 2.86. The molecule has 1 heterocycles. The first kappa shape index (κ1) is 15.3. The van der Waals surface area contributed by atoms with Gasteiger partial charge in [0.15, 0.2) is 0 Å². The second kappa shape index (κ2) is 6.11. The minimum atomic E-state index is -0.964. The summed E-state index contributed by atoms with van der Waals surface area (Å²) in [5.41, 5.74) is 0.341. The van der Waals surface area contributed by atoms with E-state index >= 15 is 0 Å². The summed E-state index contributed by atoms with van der Waals surface area (Å²) in [5, 5.41) is 9.45. The number of hydrogen-bond donors (Lipinski definition) is 1. The number of benzene rings is 1. The summed E-state index contributed by atoms with van der Waals surface area (Å²) in [5.74, 6) is -1.99. The third-order valence-electron chi connectivity index (χ3n) is 3.35. The van der Waals surface area contributed by atoms with Gasteiger partial charge in [0.25, 0.3) is 5.91 Å². The van der Waals surface area contributed by atoms with Crippen molar-refractivity contribution in [1.82, 2.24) is 4.90 Å². The fourth-order valence-electron chi connectivity index (χ4n) is 2.16. The highest BCUT2D eigenvalue weighted by atomic mass is 79.9. The zero-order chi connectivity index (χ0) is 14.9. The maximum absolute atomic E-state index is 12.4. The highest BCUT2D eigenvalue weighted by Crippen LogP contribution is 2.25. The van der Waals surface area contributed by atoms with E-state index in [0.29, 0.717) is 10.6 Å². The van der Waals surface area contributed by atoms with Crippen molar-refractivity contribution in [3.8, 4) is 0 Å². The highest BCUT2D eigenvalue weighted by Gasteiger charge is 2.38. The molecule has 1 aliphatic rings. The molecular weight excluding hydrogens is 350 g/mol. The van der Waals surface area contributed by atoms with E-state index in [9.17, 15) is 9.59 Å². The van der Waals surface area contributed by atoms with Gasteiger partial charge in [-0.1, -0.05) is 27.5 Å². The first-order chi connectivity index (χ1) is 9.41. The van der Waals surface area contributed by atoms with Gasteiger partial charge < -0.3 is 14.7 Å². The summed E-state index contributed by atoms with van der Waals surface area (Å²) in [7, 11) is 1.57. The van der Waals surface area contributed by atoms with Crippen molar-refractivity contribution in [2.24, 2.45) is 5.92 Å². The Balaban J connectivity index is 2.22. The number of likely N-dealkylation sites (N-methyl/N-ethyl adjacent to an activating group) is 1. The van der Waals surface area contributed by atoms with Crippen LogP contribution in [-0.4, -0.2) is 48.2 Å². The van der Waals surface area contributed by atoms with Crippen LogP contribution in [0.15, 0.2) is 22.7 Å². The third-order valence-corrected chi connectivity index (χ3v) is 4.15. The van der Waals surface area contributed by atoms with Crippen molar-refractivity contribution in [1.29, 1.82) is 0 Å². The maximum Gasteiger partial charge on any atom is 0.311 e. The second-order valence-corrected chi connectivity index (χ2v) is 5.91. The normalized spacial score (nSPS) is 21.8. The zero-order valence-corrected chi connectivity index (χ0v) is 13.0. The smallest absolute Gasteiger partial charge is 0.311 e. The molecule has 0 saturated carbocycles. The van der Waals surface area contributed by atoms with Gasteiger partial charge in [0.1, 0.15) is 5.92 Å². The van der Waals surface area contributed by atoms with Crippen molar-refractivity contribution in [2.45, 2.75) is 6.04 Å². The van der Waals surface area contributed by atoms with Crippen LogP contribution in [0, 0.1) is 5.92 Å². The van der Waals surface area contributed by atoms with Gasteiger partial charge in [0.2, 0.25) is 0 Å². The molecule has 7 heteroatoms. The van der Waals surface area contributed by atoms with Crippen LogP contribution in [0.1, 0.15) is 10.4 Å². The fraction of sp³-hybridized carbons (Fsp3) is 0.385. The topological polar surface area (TPSA) is 66.8 Å². The number of carbonyl (C=O) groups excluding carboxylic acids is 1. The molecule has 108 valence electrons. The molecule has 1 N–H and O–H groups in total. The molecule has 2 atom stereocenters. The molecule has 1 aromatic rings. The lowest BCUT2D eigenvalue weighted by atomic mass is 10.0. The Bertz CT molecular complexity index is 551. The molecule has 1 saturated heterocycles. The standard InChI is InChI=1S/C13H13BrClNO4/c1-16(11-6-20-5-9(11)13(18)19)12(17)8-3-2-7(14)4-10(8)15/h2-4,9,11H,5-6H2,1H3,(H,18,19). The quantitative estimate of drug-likeness (QED) is 0.896. The van der Waals surface area contributed by atoms with Crippen LogP contribution in [0.2, 0.25) is 5.02 Å². The number of carboxylic acid groups (broad SMARTS) is 1. The Hall–Kier alpha value is -1.11. The number of ether oxygens (including phenoxy) is 1. The maximum atomic E-state index is 12.4. The Labute approximate surface area is 129 Å². The number of nitrogens with zero attached hydrogens (tertiary/aromatic N) is 1. The summed E-state index contributed by atoms with van der Waals surface area (Å²) in [4.78, 5) is 24.9. The van der Waals surface area contributed by atoms with E-state index < -0.39 is 17.9 Å². The largest absolute Gasteiger partial charge is 0.481 e. The monoisotopic (exact) mass is 361 g/mol. The number of carbonyl (C=O) groups is 2. The molecular formula is C13H13BrClNO4. The Morgan fingerprint density at radius 3 is 2.75 bits per heavy atom. The Kier molecular flexibility index (Phi) is 4.67. The van der Waals surface area contributed by atoms with Gasteiger partial charge in [-0.3, -0.25) is 9.59 Å². The van der Waals surface area contributed by atoms with Crippen molar-refractivity contribution in [3.05, 3.63) is 33.3 Å². The molecule has 0 aromatic heterocycles. The van der Waals surface area contributed by atoms with Crippen LogP contribution in [0.5, 0.6) is 0 Å². The Morgan fingerprint density at radius 2 is 2.15 bits per heavy atom. The minimum absolute atomic E-state index is 0.117. The first-order valence-electron chi connectivity index (χ1n) is 5.94. The lowest BCUT2D eigenvalue weighted by molar-refractivity contribution is -0.142. The number of hydrogen-bond acceptors (Lipinski definition) is 3. The van der Waals surface area contributed by atoms with E-state index in [1.54, 1.807) is 25.2 Å². The molecule has 1 aliphatic heterocycles. The molecule has 5 nitrogen and oxygen atoms in total. The molecule has 0 radical (unpaired) electrons. The van der Waals surface area contributed by atoms with Crippen LogP contribution in [-0.2, 0) is 9.53 Å². The Morgan fingerprint density at radius 1 is 1.45 bits per heavy atom. The fourth-order valence-corrected chi connectivity index (χ4v) is 2.92. The average molecular weight is 363 g/mol. The van der Waals surface area contributed by atoms with Gasteiger partial charge in [0, 0.05) is 11.5 Å². The highest BCUT2D eigenvalue weighted by molar-refractivity contribution is 9.10. The molecule has 2 rings (SSSR count). The number of carboxylic acids is 1. The van der Waals surface area contributed by atoms with Gasteiger partial charge in [-0.2, -0.15) is 0 Å². The van der Waals surface area contributed by atoms with Crippen molar-refractivity contribution in [3.63, 3.8) is 0 Å². The lowest BCUT2D eigenvalue weighted by Crippen LogP contribution is -2.44. The third kappa shape index (κ3) is 2.97. The molecule has 2 unspecified atom stereocenters. The van der Waals surface area contributed by atoms with Gasteiger partial charge in [-0.25, -0.2) is 0 Å². The van der Waals surface area contributed by atoms with E-state index in [-0.39, 0.29) is 19.1 Å². The van der Waals surface area contributed by atoms with E-state index in [1.165, 1.54) is 4.90 Å². The van der Waals surface area contributed by atoms with E-state index in [0.717, 1.165) is 4.47 Å². The van der Waals surface area contributed by atoms with Crippen molar-refractivity contribution < 1.29 is 19.4 Å². The van der Waals surface area contributed by atoms with Gasteiger partial charge in [-0.15, -0.1) is 0 Å². The second-order valence-electron chi connectivity index (χ2n) is 4.59. The lowest BCUT2D eigenvalue weighted by Gasteiger charge is -2.26. The van der Waals surface area contributed by atoms with Crippen LogP contribution >= 0.6 is 27.5 Å². The number of aliphatic carboxylic acids is 1. The van der Waals surface area contributed by atoms with E-state index in [2.05, 4.69) is 15.9 Å². The van der Waals surface area contributed by atoms with Crippen molar-refractivity contribution >= 4 is 39.4 Å². The van der Waals surface area contributed by atoms with Gasteiger partial charge in [-0.05, 0) is 18.2 Å². The minimum Gasteiger partial charge on any atom is -0.481 e. The van der Waals surface area contributed by atoms with Crippen molar-refractivity contribution in [2.75, 3.05) is 20.3 Å². The summed E-state index contributed by atoms with van der Waals surface area (Å²) < 4.78 is 5.94. The molecule has 1 amide bonds. The predicted molar refractivity (Wildman–Crippen MR) is 77.0 cm³/mol. The van der Waals surface area contributed by atoms with E-state index in [4.69, 9.17) is 21.4 Å². The molecule has 0 bridgehead atoms. The number of halogens is 2. The molecule has 0 spiro atoms. The predicted octanol–water partition coefficient (Wildman–Crippen LogP) is 2.27. The SMILES string of the molecule is CN(C(=O)c1ccc(Br)cc1Cl)C1COCC1C(=O)O. The summed E-state index contributed by atoms with van der Waals surface area (Å²) in [6.07, 6.45) is 0. The van der Waals surface area contributed by atoms with Crippen LogP contribution in [0.4, 0.5) is 0 Å². The van der Waals surface area contributed by atoms with Gasteiger partial charge in [0.05, 0.1) is 29.8 Å². The number of rotatable bonds is 3. The van der Waals surface area contributed by atoms with E-state index in [1.807, 2.05) is 0 Å². The van der Waals surface area contributed by atoms with Gasteiger partial charge >= 0.3 is 5.97 Å². The zero-order valence-electron chi connectivity index (χ0n) is 10.7. The van der Waals surface area contributed by atoms with Crippen LogP contribution in [0.25, 0.3) is 0 Å². The molecule has 1 aromatic carbocycles.